The van der Waals surface area contributed by atoms with E-state index in [0.717, 1.165) is 41.7 Å². The highest BCUT2D eigenvalue weighted by Gasteiger charge is 2.15. The van der Waals surface area contributed by atoms with Crippen molar-refractivity contribution >= 4 is 57.7 Å². The second-order valence-electron chi connectivity index (χ2n) is 7.65. The first-order chi connectivity index (χ1) is 15.8. The van der Waals surface area contributed by atoms with Gasteiger partial charge in [0.05, 0.1) is 21.0 Å². The fourth-order valence-corrected chi connectivity index (χ4v) is 4.40. The Morgan fingerprint density at radius 3 is 2.70 bits per heavy atom. The maximum absolute atomic E-state index is 14.0. The monoisotopic (exact) mass is 505 g/mol. The molecule has 0 saturated carbocycles. The fourth-order valence-electron chi connectivity index (χ4n) is 3.13. The zero-order valence-corrected chi connectivity index (χ0v) is 20.5. The predicted molar refractivity (Wildman–Crippen MR) is 135 cm³/mol. The molecule has 0 saturated heterocycles. The molecule has 0 unspecified atom stereocenters. The molecule has 2 aromatic heterocycles. The second kappa shape index (κ2) is 10.1. The number of halogens is 3. The largest absolute Gasteiger partial charge is 0.368 e. The van der Waals surface area contributed by atoms with Crippen LogP contribution < -0.4 is 10.0 Å². The van der Waals surface area contributed by atoms with E-state index in [1.165, 1.54) is 12.1 Å². The van der Waals surface area contributed by atoms with Crippen molar-refractivity contribution in [1.82, 2.24) is 25.1 Å². The van der Waals surface area contributed by atoms with Gasteiger partial charge in [0.25, 0.3) is 0 Å². The van der Waals surface area contributed by atoms with Crippen molar-refractivity contribution in [3.05, 3.63) is 58.0 Å². The summed E-state index contributed by atoms with van der Waals surface area (Å²) in [6.45, 7) is 3.52. The van der Waals surface area contributed by atoms with Crippen LogP contribution in [0.3, 0.4) is 0 Å². The molecule has 0 amide bonds. The van der Waals surface area contributed by atoms with Crippen LogP contribution in [-0.2, 0) is 0 Å². The number of aryl methyl sites for hydroxylation is 1. The summed E-state index contributed by atoms with van der Waals surface area (Å²) in [6, 6.07) is 9.80. The average molecular weight is 506 g/mol. The van der Waals surface area contributed by atoms with E-state index in [9.17, 15) is 4.39 Å². The number of hydrogen-bond donors (Lipinski definition) is 3. The number of likely N-dealkylation sites (N-methyl/N-ethyl adjacent to an activating group) is 1. The molecule has 11 heteroatoms. The number of hydrogen-bond acceptors (Lipinski definition) is 7. The predicted octanol–water partition coefficient (Wildman–Crippen LogP) is 5.87. The fraction of sp³-hybridized carbons (Fsp3) is 0.227. The van der Waals surface area contributed by atoms with Crippen LogP contribution in [0.2, 0.25) is 10.0 Å². The van der Waals surface area contributed by atoms with Crippen molar-refractivity contribution in [3.63, 3.8) is 0 Å². The Hall–Kier alpha value is -2.59. The zero-order chi connectivity index (χ0) is 23.5. The van der Waals surface area contributed by atoms with Gasteiger partial charge in [-0.15, -0.1) is 0 Å². The smallest absolute Gasteiger partial charge is 0.186 e. The quantitative estimate of drug-likeness (QED) is 0.258. The van der Waals surface area contributed by atoms with Crippen molar-refractivity contribution in [2.45, 2.75) is 11.8 Å². The van der Waals surface area contributed by atoms with Crippen LogP contribution in [0.5, 0.6) is 0 Å². The van der Waals surface area contributed by atoms with E-state index >= 15 is 0 Å². The van der Waals surface area contributed by atoms with Crippen LogP contribution in [0.25, 0.3) is 22.4 Å². The molecule has 0 aliphatic rings. The third-order valence-corrected chi connectivity index (χ3v) is 6.24. The lowest BCUT2D eigenvalue weighted by Gasteiger charge is -2.13. The maximum Gasteiger partial charge on any atom is 0.186 e. The molecule has 0 atom stereocenters. The number of fused-ring (bicyclic) bond motifs is 1. The van der Waals surface area contributed by atoms with Gasteiger partial charge in [-0.25, -0.2) is 14.4 Å². The van der Waals surface area contributed by atoms with E-state index in [2.05, 4.69) is 30.1 Å². The molecule has 0 radical (unpaired) electrons. The molecule has 2 heterocycles. The van der Waals surface area contributed by atoms with Crippen molar-refractivity contribution < 1.29 is 4.39 Å². The molecular weight excluding hydrogens is 484 g/mol. The van der Waals surface area contributed by atoms with Gasteiger partial charge in [0, 0.05) is 29.4 Å². The van der Waals surface area contributed by atoms with Crippen LogP contribution in [0, 0.1) is 12.7 Å². The van der Waals surface area contributed by atoms with Crippen molar-refractivity contribution in [2.24, 2.45) is 0 Å². The first kappa shape index (κ1) is 23.6. The SMILES string of the molecule is Cc1[nH]nc2nc(-c3ccc(NSc4cc(Cl)ccc4F)c(Cl)c3)nc(NCCN(C)C)c12. The lowest BCUT2D eigenvalue weighted by Crippen LogP contribution is -2.21. The standard InChI is InChI=1S/C22H22Cl2FN7S/c1-12-19-21(26-8-9-32(2)3)27-20(28-22(19)30-29-12)13-4-7-17(15(24)10-13)31-33-18-11-14(23)5-6-16(18)25/h4-7,10-11,31H,8-9H2,1-3H3,(H2,26,27,28,29,30). The Balaban J connectivity index is 1.59. The molecule has 0 aliphatic heterocycles. The number of anilines is 2. The third kappa shape index (κ3) is 5.50. The maximum atomic E-state index is 14.0. The average Bonchev–Trinajstić information content (AvgIpc) is 3.15. The molecule has 4 aromatic rings. The van der Waals surface area contributed by atoms with E-state index in [1.54, 1.807) is 18.2 Å². The molecule has 172 valence electrons. The highest BCUT2D eigenvalue weighted by molar-refractivity contribution is 8.00. The van der Waals surface area contributed by atoms with Crippen LogP contribution >= 0.6 is 35.1 Å². The first-order valence-corrected chi connectivity index (χ1v) is 11.7. The minimum Gasteiger partial charge on any atom is -0.368 e. The van der Waals surface area contributed by atoms with E-state index in [4.69, 9.17) is 28.2 Å². The van der Waals surface area contributed by atoms with Crippen molar-refractivity contribution in [2.75, 3.05) is 37.2 Å². The van der Waals surface area contributed by atoms with Gasteiger partial charge < -0.3 is 14.9 Å². The first-order valence-electron chi connectivity index (χ1n) is 10.1. The van der Waals surface area contributed by atoms with Gasteiger partial charge in [-0.3, -0.25) is 5.10 Å². The Morgan fingerprint density at radius 2 is 1.94 bits per heavy atom. The second-order valence-corrected chi connectivity index (χ2v) is 9.34. The molecule has 33 heavy (non-hydrogen) atoms. The lowest BCUT2D eigenvalue weighted by atomic mass is 10.2. The minimum absolute atomic E-state index is 0.366. The number of aromatic amines is 1. The number of H-pyrrole nitrogens is 1. The number of aromatic nitrogens is 4. The summed E-state index contributed by atoms with van der Waals surface area (Å²) >= 11 is 13.6. The summed E-state index contributed by atoms with van der Waals surface area (Å²) in [7, 11) is 4.03. The Morgan fingerprint density at radius 1 is 1.12 bits per heavy atom. The summed E-state index contributed by atoms with van der Waals surface area (Å²) in [6.07, 6.45) is 0. The van der Waals surface area contributed by atoms with Gasteiger partial charge >= 0.3 is 0 Å². The Kier molecular flexibility index (Phi) is 7.23. The van der Waals surface area contributed by atoms with Gasteiger partial charge in [0.1, 0.15) is 11.6 Å². The molecule has 0 bridgehead atoms. The van der Waals surface area contributed by atoms with E-state index in [1.807, 2.05) is 27.1 Å². The van der Waals surface area contributed by atoms with Crippen LogP contribution in [-0.4, -0.2) is 52.3 Å². The summed E-state index contributed by atoms with van der Waals surface area (Å²) in [5, 5.41) is 12.4. The van der Waals surface area contributed by atoms with Crippen LogP contribution in [0.4, 0.5) is 15.9 Å². The minimum atomic E-state index is -0.366. The van der Waals surface area contributed by atoms with E-state index in [-0.39, 0.29) is 5.82 Å². The van der Waals surface area contributed by atoms with Gasteiger partial charge in [-0.05, 0) is 69.4 Å². The molecule has 3 N–H and O–H groups in total. The molecule has 7 nitrogen and oxygen atoms in total. The van der Waals surface area contributed by atoms with Crippen molar-refractivity contribution in [3.8, 4) is 11.4 Å². The summed E-state index contributed by atoms with van der Waals surface area (Å²) in [4.78, 5) is 11.8. The number of benzene rings is 2. The topological polar surface area (TPSA) is 81.8 Å². The van der Waals surface area contributed by atoms with Crippen molar-refractivity contribution in [1.29, 1.82) is 0 Å². The molecule has 0 spiro atoms. The normalized spacial score (nSPS) is 11.4. The molecule has 0 fully saturated rings. The van der Waals surface area contributed by atoms with E-state index < -0.39 is 0 Å². The van der Waals surface area contributed by atoms with Gasteiger partial charge in [-0.2, -0.15) is 5.10 Å². The summed E-state index contributed by atoms with van der Waals surface area (Å²) in [5.74, 6) is 0.853. The highest BCUT2D eigenvalue weighted by Crippen LogP contribution is 2.33. The number of nitrogens with one attached hydrogen (secondary N) is 3. The van der Waals surface area contributed by atoms with Gasteiger partial charge in [-0.1, -0.05) is 23.2 Å². The van der Waals surface area contributed by atoms with E-state index in [0.29, 0.717) is 37.9 Å². The Bertz CT molecular complexity index is 1300. The number of nitrogens with zero attached hydrogens (tertiary/aromatic N) is 4. The molecule has 2 aromatic carbocycles. The molecular formula is C22H22Cl2FN7S. The molecule has 4 rings (SSSR count). The highest BCUT2D eigenvalue weighted by atomic mass is 35.5. The lowest BCUT2D eigenvalue weighted by molar-refractivity contribution is 0.425. The Labute approximate surface area is 205 Å². The van der Waals surface area contributed by atoms with Crippen LogP contribution in [0.1, 0.15) is 5.69 Å². The summed E-state index contributed by atoms with van der Waals surface area (Å²) in [5.41, 5.74) is 2.84. The summed E-state index contributed by atoms with van der Waals surface area (Å²) < 4.78 is 17.0. The van der Waals surface area contributed by atoms with Crippen LogP contribution in [0.15, 0.2) is 41.3 Å². The van der Waals surface area contributed by atoms with Gasteiger partial charge in [0.2, 0.25) is 0 Å². The number of rotatable bonds is 8. The van der Waals surface area contributed by atoms with Gasteiger partial charge in [0.15, 0.2) is 11.5 Å². The molecule has 0 aliphatic carbocycles. The third-order valence-electron chi connectivity index (χ3n) is 4.84. The zero-order valence-electron chi connectivity index (χ0n) is 18.2.